The fourth-order valence-electron chi connectivity index (χ4n) is 1.15. The molecule has 2 aromatic heterocycles. The number of hydrogen-bond donors (Lipinski definition) is 2. The molecule has 2 rings (SSSR count). The Bertz CT molecular complexity index is 598. The van der Waals surface area contributed by atoms with Gasteiger partial charge >= 0.3 is 0 Å². The van der Waals surface area contributed by atoms with E-state index < -0.39 is 5.91 Å². The quantitative estimate of drug-likeness (QED) is 0.862. The Morgan fingerprint density at radius 1 is 1.39 bits per heavy atom. The minimum atomic E-state index is -0.433. The maximum atomic E-state index is 11.7. The van der Waals surface area contributed by atoms with Crippen molar-refractivity contribution in [2.75, 3.05) is 5.32 Å². The van der Waals surface area contributed by atoms with Crippen molar-refractivity contribution in [2.24, 2.45) is 0 Å². The molecule has 0 unspecified atom stereocenters. The number of H-pyrrole nitrogens is 1. The smallest absolute Gasteiger partial charge is 0.277 e. The van der Waals surface area contributed by atoms with Gasteiger partial charge in [-0.3, -0.25) is 14.9 Å². The fraction of sp³-hybridized carbons (Fsp3) is 0.300. The lowest BCUT2D eigenvalue weighted by atomic mass is 10.2. The zero-order valence-corrected chi connectivity index (χ0v) is 10.6. The Labute approximate surface area is 106 Å². The molecule has 0 aliphatic heterocycles. The van der Waals surface area contributed by atoms with Gasteiger partial charge in [-0.15, -0.1) is 10.2 Å². The summed E-state index contributed by atoms with van der Waals surface area (Å²) in [7, 11) is 0. The maximum absolute atomic E-state index is 11.7. The van der Waals surface area contributed by atoms with Crippen molar-refractivity contribution in [3.8, 4) is 0 Å². The Kier molecular flexibility index (Phi) is 3.47. The lowest BCUT2D eigenvalue weighted by Crippen LogP contribution is -2.17. The molecular formula is C10H11N5O2S. The van der Waals surface area contributed by atoms with Crippen LogP contribution in [0.3, 0.4) is 0 Å². The van der Waals surface area contributed by atoms with Gasteiger partial charge in [0, 0.05) is 12.0 Å². The first-order valence-corrected chi connectivity index (χ1v) is 6.08. The van der Waals surface area contributed by atoms with Gasteiger partial charge in [-0.25, -0.2) is 5.10 Å². The third-order valence-electron chi connectivity index (χ3n) is 2.07. The summed E-state index contributed by atoms with van der Waals surface area (Å²) in [4.78, 5) is 22.6. The summed E-state index contributed by atoms with van der Waals surface area (Å²) in [6.45, 7) is 3.99. The van der Waals surface area contributed by atoms with Crippen LogP contribution in [0.25, 0.3) is 0 Å². The van der Waals surface area contributed by atoms with Gasteiger partial charge < -0.3 is 0 Å². The molecule has 2 N–H and O–H groups in total. The Morgan fingerprint density at radius 2 is 2.17 bits per heavy atom. The van der Waals surface area contributed by atoms with E-state index >= 15 is 0 Å². The van der Waals surface area contributed by atoms with Crippen LogP contribution in [0.2, 0.25) is 0 Å². The topological polar surface area (TPSA) is 101 Å². The third kappa shape index (κ3) is 2.77. The predicted molar refractivity (Wildman–Crippen MR) is 66.8 cm³/mol. The molecule has 0 aliphatic carbocycles. The molecule has 1 amide bonds. The largest absolute Gasteiger partial charge is 0.295 e. The van der Waals surface area contributed by atoms with Crippen LogP contribution in [-0.2, 0) is 0 Å². The molecule has 94 valence electrons. The molecule has 0 aliphatic rings. The number of amides is 1. The second-order valence-electron chi connectivity index (χ2n) is 3.86. The summed E-state index contributed by atoms with van der Waals surface area (Å²) in [6.07, 6.45) is 0. The van der Waals surface area contributed by atoms with Crippen LogP contribution in [0.4, 0.5) is 5.13 Å². The molecule has 8 heteroatoms. The first-order valence-electron chi connectivity index (χ1n) is 5.26. The lowest BCUT2D eigenvalue weighted by Gasteiger charge is -1.98. The Morgan fingerprint density at radius 3 is 2.72 bits per heavy atom. The molecule has 18 heavy (non-hydrogen) atoms. The van der Waals surface area contributed by atoms with E-state index in [0.717, 1.165) is 5.01 Å². The van der Waals surface area contributed by atoms with Gasteiger partial charge in [-0.05, 0) is 6.07 Å². The van der Waals surface area contributed by atoms with Crippen LogP contribution in [0.1, 0.15) is 35.3 Å². The number of anilines is 1. The van der Waals surface area contributed by atoms with Crippen LogP contribution < -0.4 is 10.9 Å². The summed E-state index contributed by atoms with van der Waals surface area (Å²) in [5.41, 5.74) is -0.236. The highest BCUT2D eigenvalue weighted by Gasteiger charge is 2.12. The van der Waals surface area contributed by atoms with Crippen molar-refractivity contribution >= 4 is 22.4 Å². The number of carbonyl (C=O) groups is 1. The van der Waals surface area contributed by atoms with Gasteiger partial charge in [0.2, 0.25) is 5.13 Å². The summed E-state index contributed by atoms with van der Waals surface area (Å²) in [5.74, 6) is -0.169. The van der Waals surface area contributed by atoms with Crippen molar-refractivity contribution in [1.29, 1.82) is 0 Å². The van der Waals surface area contributed by atoms with Crippen LogP contribution in [-0.4, -0.2) is 26.3 Å². The molecule has 7 nitrogen and oxygen atoms in total. The van der Waals surface area contributed by atoms with E-state index in [2.05, 4.69) is 25.7 Å². The maximum Gasteiger partial charge on any atom is 0.277 e. The molecule has 0 spiro atoms. The van der Waals surface area contributed by atoms with E-state index in [1.165, 1.54) is 23.5 Å². The van der Waals surface area contributed by atoms with Crippen molar-refractivity contribution in [3.05, 3.63) is 33.2 Å². The van der Waals surface area contributed by atoms with Crippen LogP contribution in [0.5, 0.6) is 0 Å². The highest BCUT2D eigenvalue weighted by atomic mass is 32.1. The van der Waals surface area contributed by atoms with E-state index in [0.29, 0.717) is 5.13 Å². The number of nitrogens with one attached hydrogen (secondary N) is 2. The van der Waals surface area contributed by atoms with Gasteiger partial charge in [0.25, 0.3) is 11.5 Å². The molecule has 0 saturated carbocycles. The zero-order valence-electron chi connectivity index (χ0n) is 9.80. The summed E-state index contributed by atoms with van der Waals surface area (Å²) in [5, 5.41) is 17.5. The van der Waals surface area contributed by atoms with Crippen molar-refractivity contribution in [2.45, 2.75) is 19.8 Å². The number of rotatable bonds is 3. The van der Waals surface area contributed by atoms with Gasteiger partial charge in [-0.1, -0.05) is 25.2 Å². The third-order valence-corrected chi connectivity index (χ3v) is 3.21. The molecule has 0 fully saturated rings. The van der Waals surface area contributed by atoms with E-state index in [9.17, 15) is 9.59 Å². The highest BCUT2D eigenvalue weighted by molar-refractivity contribution is 7.15. The highest BCUT2D eigenvalue weighted by Crippen LogP contribution is 2.22. The van der Waals surface area contributed by atoms with E-state index in [-0.39, 0.29) is 17.2 Å². The molecule has 0 radical (unpaired) electrons. The Hall–Kier alpha value is -2.09. The molecule has 0 bridgehead atoms. The average molecular weight is 265 g/mol. The first-order chi connectivity index (χ1) is 8.56. The van der Waals surface area contributed by atoms with Gasteiger partial charge in [0.05, 0.1) is 0 Å². The fourth-order valence-corrected chi connectivity index (χ4v) is 1.89. The van der Waals surface area contributed by atoms with Crippen molar-refractivity contribution in [3.63, 3.8) is 0 Å². The second kappa shape index (κ2) is 5.05. The number of hydrogen-bond acceptors (Lipinski definition) is 6. The molecule has 0 saturated heterocycles. The van der Waals surface area contributed by atoms with Gasteiger partial charge in [-0.2, -0.15) is 5.10 Å². The first kappa shape index (κ1) is 12.4. The predicted octanol–water partition coefficient (Wildman–Crippen LogP) is 0.997. The molecule has 0 atom stereocenters. The Balaban J connectivity index is 2.11. The second-order valence-corrected chi connectivity index (χ2v) is 4.87. The van der Waals surface area contributed by atoms with Crippen molar-refractivity contribution < 1.29 is 4.79 Å². The minimum absolute atomic E-state index is 0.121. The standard InChI is InChI=1S/C10H11N5O2S/c1-5(2)9-14-15-10(18-9)11-8(17)6-3-4-7(16)13-12-6/h3-5H,1-2H3,(H,13,16)(H,11,15,17). The summed E-state index contributed by atoms with van der Waals surface area (Å²) < 4.78 is 0. The summed E-state index contributed by atoms with van der Waals surface area (Å²) in [6, 6.07) is 2.58. The molecule has 2 aromatic rings. The van der Waals surface area contributed by atoms with Gasteiger partial charge in [0.15, 0.2) is 0 Å². The number of aromatic nitrogens is 4. The number of nitrogens with zero attached hydrogens (tertiary/aromatic N) is 3. The van der Waals surface area contributed by atoms with Crippen LogP contribution in [0.15, 0.2) is 16.9 Å². The van der Waals surface area contributed by atoms with Gasteiger partial charge in [0.1, 0.15) is 10.7 Å². The monoisotopic (exact) mass is 265 g/mol. The normalized spacial score (nSPS) is 10.6. The molecule has 2 heterocycles. The van der Waals surface area contributed by atoms with Crippen LogP contribution >= 0.6 is 11.3 Å². The molecular weight excluding hydrogens is 254 g/mol. The van der Waals surface area contributed by atoms with Crippen molar-refractivity contribution in [1.82, 2.24) is 20.4 Å². The average Bonchev–Trinajstić information content (AvgIpc) is 2.78. The number of carbonyl (C=O) groups excluding carboxylic acids is 1. The van der Waals surface area contributed by atoms with E-state index in [4.69, 9.17) is 0 Å². The van der Waals surface area contributed by atoms with Crippen LogP contribution in [0, 0.1) is 0 Å². The zero-order chi connectivity index (χ0) is 13.1. The van der Waals surface area contributed by atoms with E-state index in [1.54, 1.807) is 0 Å². The molecule has 0 aromatic carbocycles. The lowest BCUT2D eigenvalue weighted by molar-refractivity contribution is 0.102. The number of aromatic amines is 1. The minimum Gasteiger partial charge on any atom is -0.295 e. The SMILES string of the molecule is CC(C)c1nnc(NC(=O)c2ccc(=O)[nH]n2)s1. The summed E-state index contributed by atoms with van der Waals surface area (Å²) >= 11 is 1.31. The van der Waals surface area contributed by atoms with E-state index in [1.807, 2.05) is 13.8 Å².